The van der Waals surface area contributed by atoms with Gasteiger partial charge in [0.05, 0.1) is 0 Å². The van der Waals surface area contributed by atoms with Gasteiger partial charge >= 0.3 is 97.7 Å². The summed E-state index contributed by atoms with van der Waals surface area (Å²) in [5.41, 5.74) is 4.25. The van der Waals surface area contributed by atoms with Gasteiger partial charge in [0.1, 0.15) is 0 Å². The molecular weight excluding hydrogens is 295 g/mol. The van der Waals surface area contributed by atoms with E-state index in [4.69, 9.17) is 19.0 Å². The van der Waals surface area contributed by atoms with Crippen LogP contribution in [0.1, 0.15) is 10.4 Å². The molecular formula is C8H9AsN2O6. The number of carboxylic acids is 1. The summed E-state index contributed by atoms with van der Waals surface area (Å²) in [6.07, 6.45) is 0. The monoisotopic (exact) mass is 304 g/mol. The molecule has 0 heterocycles. The molecule has 0 saturated heterocycles. The number of aromatic carboxylic acids is 1. The summed E-state index contributed by atoms with van der Waals surface area (Å²) < 4.78 is 28.6. The first-order chi connectivity index (χ1) is 7.71. The van der Waals surface area contributed by atoms with E-state index < -0.39 is 26.2 Å². The van der Waals surface area contributed by atoms with Crippen LogP contribution in [0.5, 0.6) is 0 Å². The molecule has 0 fully saturated rings. The Balaban J connectivity index is 3.34. The predicted molar refractivity (Wildman–Crippen MR) is 57.1 cm³/mol. The van der Waals surface area contributed by atoms with Crippen LogP contribution in [0.2, 0.25) is 0 Å². The number of carboxylic acid groups (broad SMARTS) is 1. The van der Waals surface area contributed by atoms with Gasteiger partial charge < -0.3 is 0 Å². The Morgan fingerprint density at radius 1 is 1.29 bits per heavy atom. The number of nitrogens with one attached hydrogen (secondary N) is 1. The van der Waals surface area contributed by atoms with Crippen molar-refractivity contribution < 1.29 is 26.6 Å². The van der Waals surface area contributed by atoms with Crippen molar-refractivity contribution in [1.29, 1.82) is 0 Å². The van der Waals surface area contributed by atoms with Gasteiger partial charge in [0, 0.05) is 0 Å². The van der Waals surface area contributed by atoms with Gasteiger partial charge in [-0.2, -0.15) is 0 Å². The van der Waals surface area contributed by atoms with E-state index in [1.54, 1.807) is 0 Å². The molecule has 1 aromatic carbocycles. The standard InChI is InChI=1S/C8H9AsN2O6/c10-8(14)11-6-3-4(9(15,16)17)1-2-5(6)7(12)13/h1-3H,(H,12,13)(H3,10,11,14)(H2,15,16,17). The van der Waals surface area contributed by atoms with Crippen LogP contribution in [-0.4, -0.2) is 39.5 Å². The molecule has 1 rings (SSSR count). The van der Waals surface area contributed by atoms with Crippen molar-refractivity contribution in [2.24, 2.45) is 5.73 Å². The molecule has 8 nitrogen and oxygen atoms in total. The number of carbonyl (C=O) groups is 2. The van der Waals surface area contributed by atoms with E-state index in [-0.39, 0.29) is 15.6 Å². The quantitative estimate of drug-likeness (QED) is 0.426. The van der Waals surface area contributed by atoms with Crippen molar-refractivity contribution in [3.05, 3.63) is 23.8 Å². The first-order valence-corrected chi connectivity index (χ1v) is 7.60. The maximum absolute atomic E-state index is 11.0. The molecule has 0 aliphatic heterocycles. The number of urea groups is 1. The van der Waals surface area contributed by atoms with E-state index in [2.05, 4.69) is 0 Å². The van der Waals surface area contributed by atoms with Crippen LogP contribution in [0.4, 0.5) is 10.5 Å². The Hall–Kier alpha value is -1.76. The SMILES string of the molecule is NC(=O)Nc1cc([As](=O)(O)O)ccc1C(=O)O. The minimum atomic E-state index is -5.15. The van der Waals surface area contributed by atoms with Crippen molar-refractivity contribution in [2.45, 2.75) is 0 Å². The van der Waals surface area contributed by atoms with Crippen molar-refractivity contribution >= 4 is 36.2 Å². The number of carbonyl (C=O) groups excluding carboxylic acids is 1. The van der Waals surface area contributed by atoms with Gasteiger partial charge in [0.25, 0.3) is 0 Å². The second-order valence-corrected chi connectivity index (χ2v) is 6.43. The Kier molecular flexibility index (Phi) is 3.62. The molecule has 2 amide bonds. The summed E-state index contributed by atoms with van der Waals surface area (Å²) in [5.74, 6) is -1.35. The van der Waals surface area contributed by atoms with Crippen molar-refractivity contribution in [3.8, 4) is 0 Å². The van der Waals surface area contributed by atoms with Crippen molar-refractivity contribution in [3.63, 3.8) is 0 Å². The molecule has 9 heteroatoms. The Bertz CT molecular complexity index is 523. The summed E-state index contributed by atoms with van der Waals surface area (Å²) >= 11 is -5.15. The van der Waals surface area contributed by atoms with Crippen molar-refractivity contribution in [1.82, 2.24) is 0 Å². The second-order valence-electron chi connectivity index (χ2n) is 3.07. The van der Waals surface area contributed by atoms with Gasteiger partial charge in [-0.15, -0.1) is 0 Å². The Morgan fingerprint density at radius 3 is 2.29 bits per heavy atom. The molecule has 92 valence electrons. The molecule has 6 N–H and O–H groups in total. The average Bonchev–Trinajstić information content (AvgIpc) is 2.14. The van der Waals surface area contributed by atoms with Gasteiger partial charge in [-0.3, -0.25) is 0 Å². The molecule has 0 radical (unpaired) electrons. The van der Waals surface area contributed by atoms with Gasteiger partial charge in [-0.25, -0.2) is 0 Å². The van der Waals surface area contributed by atoms with E-state index in [1.807, 2.05) is 5.32 Å². The molecule has 0 atom stereocenters. The number of hydrogen-bond acceptors (Lipinski definition) is 3. The fourth-order valence-corrected chi connectivity index (χ4v) is 2.32. The van der Waals surface area contributed by atoms with Gasteiger partial charge in [-0.1, -0.05) is 0 Å². The Morgan fingerprint density at radius 2 is 1.88 bits per heavy atom. The molecule has 1 aromatic rings. The summed E-state index contributed by atoms with van der Waals surface area (Å²) in [6, 6.07) is 1.86. The number of rotatable bonds is 3. The molecule has 0 saturated carbocycles. The van der Waals surface area contributed by atoms with Crippen LogP contribution in [0.15, 0.2) is 18.2 Å². The summed E-state index contributed by atoms with van der Waals surface area (Å²) in [6.45, 7) is 0. The topological polar surface area (TPSA) is 150 Å². The third-order valence-electron chi connectivity index (χ3n) is 1.83. The summed E-state index contributed by atoms with van der Waals surface area (Å²) in [5, 5.41) is 10.8. The fraction of sp³-hybridized carbons (Fsp3) is 0. The molecule has 0 bridgehead atoms. The zero-order valence-electron chi connectivity index (χ0n) is 8.32. The molecule has 0 spiro atoms. The Labute approximate surface area is 98.1 Å². The zero-order chi connectivity index (χ0) is 13.2. The molecule has 0 unspecified atom stereocenters. The predicted octanol–water partition coefficient (Wildman–Crippen LogP) is -1.56. The van der Waals surface area contributed by atoms with Crippen LogP contribution >= 0.6 is 0 Å². The summed E-state index contributed by atoms with van der Waals surface area (Å²) in [4.78, 5) is 21.4. The number of primary amides is 1. The first-order valence-electron chi connectivity index (χ1n) is 4.21. The van der Waals surface area contributed by atoms with Gasteiger partial charge in [-0.05, 0) is 0 Å². The average molecular weight is 304 g/mol. The van der Waals surface area contributed by atoms with Crippen LogP contribution in [0, 0.1) is 0 Å². The minimum absolute atomic E-state index is 0.257. The maximum atomic E-state index is 11.0. The van der Waals surface area contributed by atoms with Crippen LogP contribution < -0.4 is 15.4 Å². The van der Waals surface area contributed by atoms with Crippen LogP contribution in [0.25, 0.3) is 0 Å². The van der Waals surface area contributed by atoms with E-state index in [0.717, 1.165) is 18.2 Å². The van der Waals surface area contributed by atoms with E-state index in [1.165, 1.54) is 0 Å². The molecule has 0 aliphatic rings. The molecule has 0 aliphatic carbocycles. The number of hydrogen-bond donors (Lipinski definition) is 5. The van der Waals surface area contributed by atoms with Crippen LogP contribution in [-0.2, 0) is 3.74 Å². The third kappa shape index (κ3) is 3.35. The van der Waals surface area contributed by atoms with E-state index in [0.29, 0.717) is 0 Å². The molecule has 17 heavy (non-hydrogen) atoms. The van der Waals surface area contributed by atoms with Crippen molar-refractivity contribution in [2.75, 3.05) is 5.32 Å². The molecule has 0 aromatic heterocycles. The van der Waals surface area contributed by atoms with Gasteiger partial charge in [0.2, 0.25) is 0 Å². The summed E-state index contributed by atoms with van der Waals surface area (Å²) in [7, 11) is 0. The zero-order valence-corrected chi connectivity index (χ0v) is 10.2. The first kappa shape index (κ1) is 13.3. The number of anilines is 1. The number of benzene rings is 1. The number of nitrogens with two attached hydrogens (primary N) is 1. The van der Waals surface area contributed by atoms with E-state index >= 15 is 0 Å². The number of amides is 2. The van der Waals surface area contributed by atoms with Crippen LogP contribution in [0.3, 0.4) is 0 Å². The normalized spacial score (nSPS) is 10.9. The fourth-order valence-electron chi connectivity index (χ4n) is 1.14. The van der Waals surface area contributed by atoms with E-state index in [9.17, 15) is 13.3 Å². The van der Waals surface area contributed by atoms with Gasteiger partial charge in [0.15, 0.2) is 0 Å². The second kappa shape index (κ2) is 4.62. The third-order valence-corrected chi connectivity index (χ3v) is 3.82.